The average molecular weight is 319 g/mol. The van der Waals surface area contributed by atoms with E-state index in [9.17, 15) is 9.59 Å². The highest BCUT2D eigenvalue weighted by molar-refractivity contribution is 5.78. The molecule has 2 rings (SSSR count). The van der Waals surface area contributed by atoms with Crippen molar-refractivity contribution in [3.8, 4) is 5.75 Å². The first-order valence-corrected chi connectivity index (χ1v) is 8.24. The van der Waals surface area contributed by atoms with Crippen LogP contribution in [-0.2, 0) is 14.3 Å². The molecule has 1 fully saturated rings. The molecule has 1 aromatic rings. The number of likely N-dealkylation sites (tertiary alicyclic amines) is 1. The Kier molecular flexibility index (Phi) is 6.44. The molecular weight excluding hydrogens is 294 g/mol. The number of ether oxygens (including phenoxy) is 2. The Morgan fingerprint density at radius 2 is 2.00 bits per heavy atom. The summed E-state index contributed by atoms with van der Waals surface area (Å²) >= 11 is 0. The summed E-state index contributed by atoms with van der Waals surface area (Å²) < 4.78 is 10.7. The van der Waals surface area contributed by atoms with Gasteiger partial charge in [-0.15, -0.1) is 0 Å². The highest BCUT2D eigenvalue weighted by Gasteiger charge is 2.29. The van der Waals surface area contributed by atoms with Crippen LogP contribution in [0.25, 0.3) is 0 Å². The number of benzene rings is 1. The lowest BCUT2D eigenvalue weighted by atomic mass is 9.98. The van der Waals surface area contributed by atoms with Crippen molar-refractivity contribution in [1.82, 2.24) is 4.90 Å². The largest absolute Gasteiger partial charge is 0.493 e. The van der Waals surface area contributed by atoms with Crippen LogP contribution in [0, 0.1) is 12.8 Å². The number of hydrogen-bond acceptors (Lipinski definition) is 4. The van der Waals surface area contributed by atoms with Crippen molar-refractivity contribution < 1.29 is 19.1 Å². The number of carbonyl (C=O) groups excluding carboxylic acids is 2. The van der Waals surface area contributed by atoms with E-state index < -0.39 is 0 Å². The molecule has 5 heteroatoms. The van der Waals surface area contributed by atoms with Crippen molar-refractivity contribution in [2.75, 3.05) is 26.3 Å². The maximum absolute atomic E-state index is 12.3. The Bertz CT molecular complexity index is 526. The minimum Gasteiger partial charge on any atom is -0.493 e. The smallest absolute Gasteiger partial charge is 0.310 e. The molecule has 1 saturated heterocycles. The molecule has 126 valence electrons. The topological polar surface area (TPSA) is 55.8 Å². The molecule has 0 unspecified atom stereocenters. The van der Waals surface area contributed by atoms with Gasteiger partial charge in [-0.05, 0) is 38.8 Å². The summed E-state index contributed by atoms with van der Waals surface area (Å²) in [6, 6.07) is 7.76. The van der Waals surface area contributed by atoms with Gasteiger partial charge in [0.15, 0.2) is 0 Å². The van der Waals surface area contributed by atoms with E-state index in [-0.39, 0.29) is 17.8 Å². The normalized spacial score (nSPS) is 17.7. The van der Waals surface area contributed by atoms with Gasteiger partial charge >= 0.3 is 5.97 Å². The highest BCUT2D eigenvalue weighted by Crippen LogP contribution is 2.19. The van der Waals surface area contributed by atoms with Crippen molar-refractivity contribution in [3.05, 3.63) is 29.8 Å². The molecular formula is C18H25NO4. The third-order valence-corrected chi connectivity index (χ3v) is 4.00. The summed E-state index contributed by atoms with van der Waals surface area (Å²) in [7, 11) is 0. The molecule has 0 N–H and O–H groups in total. The second-order valence-corrected chi connectivity index (χ2v) is 5.84. The van der Waals surface area contributed by atoms with Gasteiger partial charge in [0.1, 0.15) is 5.75 Å². The monoisotopic (exact) mass is 319 g/mol. The van der Waals surface area contributed by atoms with Gasteiger partial charge in [-0.2, -0.15) is 0 Å². The van der Waals surface area contributed by atoms with Crippen LogP contribution in [0.3, 0.4) is 0 Å². The first-order chi connectivity index (χ1) is 11.1. The lowest BCUT2D eigenvalue weighted by molar-refractivity contribution is -0.151. The Morgan fingerprint density at radius 3 is 2.70 bits per heavy atom. The predicted octanol–water partition coefficient (Wildman–Crippen LogP) is 2.57. The van der Waals surface area contributed by atoms with Gasteiger partial charge in [0.25, 0.3) is 0 Å². The van der Waals surface area contributed by atoms with Gasteiger partial charge in [0, 0.05) is 13.1 Å². The third-order valence-electron chi connectivity index (χ3n) is 4.00. The molecule has 23 heavy (non-hydrogen) atoms. The Morgan fingerprint density at radius 1 is 1.26 bits per heavy atom. The van der Waals surface area contributed by atoms with Crippen LogP contribution in [-0.4, -0.2) is 43.1 Å². The molecule has 0 spiro atoms. The molecule has 0 saturated carbocycles. The summed E-state index contributed by atoms with van der Waals surface area (Å²) in [5.41, 5.74) is 1.17. The number of nitrogens with zero attached hydrogens (tertiary/aromatic N) is 1. The molecule has 0 bridgehead atoms. The molecule has 0 aromatic heterocycles. The van der Waals surface area contributed by atoms with Gasteiger partial charge in [-0.3, -0.25) is 9.59 Å². The van der Waals surface area contributed by atoms with Crippen LogP contribution in [0.5, 0.6) is 5.75 Å². The van der Waals surface area contributed by atoms with E-state index in [2.05, 4.69) is 0 Å². The van der Waals surface area contributed by atoms with Crippen molar-refractivity contribution in [3.63, 3.8) is 0 Å². The zero-order chi connectivity index (χ0) is 16.7. The number of aryl methyl sites for hydroxylation is 1. The van der Waals surface area contributed by atoms with E-state index in [4.69, 9.17) is 9.47 Å². The van der Waals surface area contributed by atoms with E-state index in [0.717, 1.165) is 18.6 Å². The van der Waals surface area contributed by atoms with Crippen molar-refractivity contribution in [2.45, 2.75) is 33.1 Å². The fourth-order valence-corrected chi connectivity index (χ4v) is 2.70. The number of rotatable bonds is 6. The lowest BCUT2D eigenvalue weighted by Gasteiger charge is -2.31. The van der Waals surface area contributed by atoms with Gasteiger partial charge in [-0.1, -0.05) is 17.7 Å². The molecule has 1 amide bonds. The van der Waals surface area contributed by atoms with E-state index in [1.807, 2.05) is 31.2 Å². The van der Waals surface area contributed by atoms with Crippen LogP contribution in [0.4, 0.5) is 0 Å². The number of amides is 1. The number of piperidine rings is 1. The number of carbonyl (C=O) groups is 2. The van der Waals surface area contributed by atoms with Gasteiger partial charge in [0.05, 0.1) is 25.6 Å². The summed E-state index contributed by atoms with van der Waals surface area (Å²) in [6.07, 6.45) is 1.96. The van der Waals surface area contributed by atoms with Crippen LogP contribution < -0.4 is 4.74 Å². The summed E-state index contributed by atoms with van der Waals surface area (Å²) in [5, 5.41) is 0. The number of hydrogen-bond donors (Lipinski definition) is 0. The first-order valence-electron chi connectivity index (χ1n) is 8.24. The summed E-state index contributed by atoms with van der Waals surface area (Å²) in [6.45, 7) is 5.72. The molecule has 1 atom stereocenters. The SMILES string of the molecule is CCOC(=O)[C@@H]1CCCN(C(=O)CCOc2ccc(C)cc2)C1. The molecule has 1 aliphatic heterocycles. The van der Waals surface area contributed by atoms with Crippen LogP contribution in [0.2, 0.25) is 0 Å². The Hall–Kier alpha value is -2.04. The van der Waals surface area contributed by atoms with Gasteiger partial charge in [0.2, 0.25) is 5.91 Å². The second kappa shape index (κ2) is 8.56. The average Bonchev–Trinajstić information content (AvgIpc) is 2.57. The zero-order valence-corrected chi connectivity index (χ0v) is 13.9. The molecule has 0 radical (unpaired) electrons. The van der Waals surface area contributed by atoms with Crippen molar-refractivity contribution in [2.24, 2.45) is 5.92 Å². The van der Waals surface area contributed by atoms with Crippen molar-refractivity contribution in [1.29, 1.82) is 0 Å². The summed E-state index contributed by atoms with van der Waals surface area (Å²) in [4.78, 5) is 25.8. The summed E-state index contributed by atoms with van der Waals surface area (Å²) in [5.74, 6) is 0.420. The Labute approximate surface area is 137 Å². The highest BCUT2D eigenvalue weighted by atomic mass is 16.5. The van der Waals surface area contributed by atoms with E-state index in [1.165, 1.54) is 5.56 Å². The molecule has 1 aliphatic rings. The third kappa shape index (κ3) is 5.27. The van der Waals surface area contributed by atoms with Crippen LogP contribution in [0.1, 0.15) is 31.7 Å². The maximum atomic E-state index is 12.3. The Balaban J connectivity index is 1.76. The fraction of sp³-hybridized carbons (Fsp3) is 0.556. The quantitative estimate of drug-likeness (QED) is 0.756. The van der Waals surface area contributed by atoms with Gasteiger partial charge < -0.3 is 14.4 Å². The fourth-order valence-electron chi connectivity index (χ4n) is 2.70. The van der Waals surface area contributed by atoms with Gasteiger partial charge in [-0.25, -0.2) is 0 Å². The van der Waals surface area contributed by atoms with E-state index in [1.54, 1.807) is 11.8 Å². The molecule has 0 aliphatic carbocycles. The maximum Gasteiger partial charge on any atom is 0.310 e. The van der Waals surface area contributed by atoms with Crippen LogP contribution in [0.15, 0.2) is 24.3 Å². The minimum atomic E-state index is -0.194. The molecule has 5 nitrogen and oxygen atoms in total. The molecule has 1 aromatic carbocycles. The van der Waals surface area contributed by atoms with E-state index >= 15 is 0 Å². The predicted molar refractivity (Wildman–Crippen MR) is 87.2 cm³/mol. The van der Waals surface area contributed by atoms with Crippen LogP contribution >= 0.6 is 0 Å². The van der Waals surface area contributed by atoms with E-state index in [0.29, 0.717) is 32.7 Å². The lowest BCUT2D eigenvalue weighted by Crippen LogP contribution is -2.43. The minimum absolute atomic E-state index is 0.0334. The second-order valence-electron chi connectivity index (χ2n) is 5.84. The zero-order valence-electron chi connectivity index (χ0n) is 13.9. The standard InChI is InChI=1S/C18H25NO4/c1-3-22-18(21)15-5-4-11-19(13-15)17(20)10-12-23-16-8-6-14(2)7-9-16/h6-9,15H,3-5,10-13H2,1-2H3/t15-/m1/s1. The molecule has 1 heterocycles. The van der Waals surface area contributed by atoms with Crippen molar-refractivity contribution >= 4 is 11.9 Å². The number of esters is 1. The first kappa shape index (κ1) is 17.3.